The maximum absolute atomic E-state index is 5.94. The molecule has 0 saturated carbocycles. The number of nitrogens with two attached hydrogens (primary N) is 1. The van der Waals surface area contributed by atoms with Crippen LogP contribution in [0, 0.1) is 0 Å². The third kappa shape index (κ3) is 3.90. The molecule has 0 bridgehead atoms. The van der Waals surface area contributed by atoms with Crippen LogP contribution in [0.5, 0.6) is 5.75 Å². The number of anilines is 2. The van der Waals surface area contributed by atoms with Gasteiger partial charge in [0.25, 0.3) is 0 Å². The van der Waals surface area contributed by atoms with Gasteiger partial charge in [-0.05, 0) is 51.5 Å². The molecule has 5 heteroatoms. The van der Waals surface area contributed by atoms with Crippen LogP contribution in [0.2, 0.25) is 0 Å². The van der Waals surface area contributed by atoms with Gasteiger partial charge in [-0.1, -0.05) is 0 Å². The van der Waals surface area contributed by atoms with Gasteiger partial charge in [-0.2, -0.15) is 0 Å². The van der Waals surface area contributed by atoms with Crippen LogP contribution in [0.3, 0.4) is 0 Å². The first-order valence-corrected chi connectivity index (χ1v) is 8.78. The Kier molecular flexibility index (Phi) is 5.28. The van der Waals surface area contributed by atoms with Gasteiger partial charge in [0.1, 0.15) is 5.75 Å². The number of piperidine rings is 1. The standard InChI is InChI=1S/C18H30N4O/c1-20-10-6-15(7-11-20)21-8-3-9-22(13-12-21)16-4-5-17(19)18(14-16)23-2/h4-5,14-15H,3,6-13,19H2,1-2H3. The maximum Gasteiger partial charge on any atom is 0.143 e. The summed E-state index contributed by atoms with van der Waals surface area (Å²) in [6.07, 6.45) is 3.84. The van der Waals surface area contributed by atoms with Crippen LogP contribution in [-0.2, 0) is 0 Å². The number of methoxy groups -OCH3 is 1. The lowest BCUT2D eigenvalue weighted by Gasteiger charge is -2.36. The summed E-state index contributed by atoms with van der Waals surface area (Å²) in [5.41, 5.74) is 7.87. The van der Waals surface area contributed by atoms with Gasteiger partial charge in [-0.25, -0.2) is 0 Å². The molecule has 128 valence electrons. The first kappa shape index (κ1) is 16.4. The molecular formula is C18H30N4O. The SMILES string of the molecule is COc1cc(N2CCCN(C3CCN(C)CC3)CC2)ccc1N. The number of nitrogen functional groups attached to an aromatic ring is 1. The highest BCUT2D eigenvalue weighted by Gasteiger charge is 2.25. The third-order valence-corrected chi connectivity index (χ3v) is 5.32. The minimum absolute atomic E-state index is 0.707. The van der Waals surface area contributed by atoms with Gasteiger partial charge in [0.2, 0.25) is 0 Å². The molecule has 1 aromatic carbocycles. The van der Waals surface area contributed by atoms with E-state index in [4.69, 9.17) is 10.5 Å². The zero-order valence-corrected chi connectivity index (χ0v) is 14.5. The van der Waals surface area contributed by atoms with E-state index in [1.807, 2.05) is 6.07 Å². The predicted molar refractivity (Wildman–Crippen MR) is 96.3 cm³/mol. The molecule has 2 N–H and O–H groups in total. The Bertz CT molecular complexity index is 514. The van der Waals surface area contributed by atoms with Crippen molar-refractivity contribution < 1.29 is 4.74 Å². The molecule has 0 amide bonds. The average Bonchev–Trinajstić information content (AvgIpc) is 2.82. The molecule has 2 fully saturated rings. The lowest BCUT2D eigenvalue weighted by molar-refractivity contribution is 0.127. The summed E-state index contributed by atoms with van der Waals surface area (Å²) >= 11 is 0. The summed E-state index contributed by atoms with van der Waals surface area (Å²) in [5.74, 6) is 0.777. The fraction of sp³-hybridized carbons (Fsp3) is 0.667. The van der Waals surface area contributed by atoms with Gasteiger partial charge in [0.05, 0.1) is 12.8 Å². The number of rotatable bonds is 3. The summed E-state index contributed by atoms with van der Waals surface area (Å²) in [6, 6.07) is 6.91. The molecule has 2 heterocycles. The van der Waals surface area contributed by atoms with Gasteiger partial charge in [0.15, 0.2) is 0 Å². The van der Waals surface area contributed by atoms with Crippen LogP contribution < -0.4 is 15.4 Å². The van der Waals surface area contributed by atoms with Gasteiger partial charge in [0, 0.05) is 44.0 Å². The molecular weight excluding hydrogens is 288 g/mol. The molecule has 1 aromatic rings. The second kappa shape index (κ2) is 7.41. The largest absolute Gasteiger partial charge is 0.495 e. The smallest absolute Gasteiger partial charge is 0.143 e. The number of hydrogen-bond donors (Lipinski definition) is 1. The van der Waals surface area contributed by atoms with Crippen molar-refractivity contribution in [2.45, 2.75) is 25.3 Å². The Balaban J connectivity index is 1.62. The topological polar surface area (TPSA) is 45.0 Å². The van der Waals surface area contributed by atoms with E-state index < -0.39 is 0 Å². The monoisotopic (exact) mass is 318 g/mol. The molecule has 5 nitrogen and oxygen atoms in total. The molecule has 2 aliphatic rings. The first-order valence-electron chi connectivity index (χ1n) is 8.78. The predicted octanol–water partition coefficient (Wildman–Crippen LogP) is 1.88. The van der Waals surface area contributed by atoms with Crippen LogP contribution in [0.1, 0.15) is 19.3 Å². The molecule has 3 rings (SSSR count). The van der Waals surface area contributed by atoms with Gasteiger partial charge in [-0.3, -0.25) is 4.90 Å². The van der Waals surface area contributed by atoms with Crippen molar-refractivity contribution in [1.82, 2.24) is 9.80 Å². The Morgan fingerprint density at radius 3 is 2.57 bits per heavy atom. The molecule has 2 aliphatic heterocycles. The van der Waals surface area contributed by atoms with E-state index in [2.05, 4.69) is 33.9 Å². The normalized spacial score (nSPS) is 22.1. The number of benzene rings is 1. The summed E-state index contributed by atoms with van der Waals surface area (Å²) in [5, 5.41) is 0. The average molecular weight is 318 g/mol. The van der Waals surface area contributed by atoms with Crippen molar-refractivity contribution in [3.05, 3.63) is 18.2 Å². The Morgan fingerprint density at radius 1 is 1.04 bits per heavy atom. The fourth-order valence-corrected chi connectivity index (χ4v) is 3.82. The van der Waals surface area contributed by atoms with Crippen LogP contribution in [0.4, 0.5) is 11.4 Å². The summed E-state index contributed by atoms with van der Waals surface area (Å²) < 4.78 is 5.37. The van der Waals surface area contributed by atoms with Crippen LogP contribution >= 0.6 is 0 Å². The van der Waals surface area contributed by atoms with Gasteiger partial charge >= 0.3 is 0 Å². The molecule has 0 radical (unpaired) electrons. The zero-order chi connectivity index (χ0) is 16.2. The van der Waals surface area contributed by atoms with E-state index in [-0.39, 0.29) is 0 Å². The molecule has 23 heavy (non-hydrogen) atoms. The fourth-order valence-electron chi connectivity index (χ4n) is 3.82. The van der Waals surface area contributed by atoms with Gasteiger partial charge < -0.3 is 20.3 Å². The highest BCUT2D eigenvalue weighted by molar-refractivity contribution is 5.62. The molecule has 2 saturated heterocycles. The van der Waals surface area contributed by atoms with Crippen LogP contribution in [0.25, 0.3) is 0 Å². The second-order valence-corrected chi connectivity index (χ2v) is 6.84. The molecule has 0 aliphatic carbocycles. The summed E-state index contributed by atoms with van der Waals surface area (Å²) in [7, 11) is 3.91. The zero-order valence-electron chi connectivity index (χ0n) is 14.5. The molecule has 0 atom stereocenters. The van der Waals surface area contributed by atoms with E-state index in [0.717, 1.165) is 31.4 Å². The van der Waals surface area contributed by atoms with Crippen molar-refractivity contribution in [3.8, 4) is 5.75 Å². The van der Waals surface area contributed by atoms with Crippen molar-refractivity contribution in [3.63, 3.8) is 0 Å². The lowest BCUT2D eigenvalue weighted by atomic mass is 10.0. The Hall–Kier alpha value is -1.46. The van der Waals surface area contributed by atoms with E-state index in [0.29, 0.717) is 5.69 Å². The van der Waals surface area contributed by atoms with E-state index in [1.165, 1.54) is 44.6 Å². The minimum atomic E-state index is 0.707. The molecule has 0 spiro atoms. The molecule has 0 aromatic heterocycles. The Morgan fingerprint density at radius 2 is 1.83 bits per heavy atom. The van der Waals surface area contributed by atoms with Gasteiger partial charge in [-0.15, -0.1) is 0 Å². The maximum atomic E-state index is 5.94. The van der Waals surface area contributed by atoms with E-state index >= 15 is 0 Å². The highest BCUT2D eigenvalue weighted by atomic mass is 16.5. The van der Waals surface area contributed by atoms with Crippen molar-refractivity contribution in [2.24, 2.45) is 0 Å². The van der Waals surface area contributed by atoms with Crippen LogP contribution in [0.15, 0.2) is 18.2 Å². The Labute approximate surface area is 140 Å². The lowest BCUT2D eigenvalue weighted by Crippen LogP contribution is -2.45. The van der Waals surface area contributed by atoms with Crippen molar-refractivity contribution in [1.29, 1.82) is 0 Å². The van der Waals surface area contributed by atoms with Crippen molar-refractivity contribution >= 4 is 11.4 Å². The van der Waals surface area contributed by atoms with Crippen LogP contribution in [-0.4, -0.2) is 69.3 Å². The van der Waals surface area contributed by atoms with Crippen molar-refractivity contribution in [2.75, 3.05) is 64.1 Å². The summed E-state index contributed by atoms with van der Waals surface area (Å²) in [4.78, 5) is 7.62. The quantitative estimate of drug-likeness (QED) is 0.862. The second-order valence-electron chi connectivity index (χ2n) is 6.84. The molecule has 0 unspecified atom stereocenters. The highest BCUT2D eigenvalue weighted by Crippen LogP contribution is 2.28. The summed E-state index contributed by atoms with van der Waals surface area (Å²) in [6.45, 7) is 7.04. The first-order chi connectivity index (χ1) is 11.2. The third-order valence-electron chi connectivity index (χ3n) is 5.32. The number of hydrogen-bond acceptors (Lipinski definition) is 5. The number of nitrogens with zero attached hydrogens (tertiary/aromatic N) is 3. The minimum Gasteiger partial charge on any atom is -0.495 e. The number of ether oxygens (including phenoxy) is 1. The number of likely N-dealkylation sites (tertiary alicyclic amines) is 1. The van der Waals surface area contributed by atoms with E-state index in [1.54, 1.807) is 7.11 Å². The van der Waals surface area contributed by atoms with E-state index in [9.17, 15) is 0 Å².